The van der Waals surface area contributed by atoms with Gasteiger partial charge in [0.15, 0.2) is 0 Å². The Morgan fingerprint density at radius 2 is 2.10 bits per heavy atom. The largest absolute Gasteiger partial charge is 0.492 e. The van der Waals surface area contributed by atoms with Gasteiger partial charge in [0.1, 0.15) is 12.4 Å². The third-order valence-electron chi connectivity index (χ3n) is 3.97. The minimum Gasteiger partial charge on any atom is -0.492 e. The first-order valence-corrected chi connectivity index (χ1v) is 7.95. The summed E-state index contributed by atoms with van der Waals surface area (Å²) in [6.45, 7) is 8.07. The van der Waals surface area contributed by atoms with Crippen molar-refractivity contribution in [2.45, 2.75) is 32.4 Å². The second-order valence-corrected chi connectivity index (χ2v) is 6.23. The van der Waals surface area contributed by atoms with Crippen LogP contribution in [0, 0.1) is 5.92 Å². The SMILES string of the molecule is CC(C)CC1CN(CCOc2ccccc2)C(CO)CN1. The Bertz CT molecular complexity index is 397. The molecule has 1 heterocycles. The van der Waals surface area contributed by atoms with Crippen LogP contribution in [-0.4, -0.2) is 54.9 Å². The second-order valence-electron chi connectivity index (χ2n) is 6.23. The zero-order valence-corrected chi connectivity index (χ0v) is 13.2. The lowest BCUT2D eigenvalue weighted by Crippen LogP contribution is -2.58. The van der Waals surface area contributed by atoms with E-state index >= 15 is 0 Å². The lowest BCUT2D eigenvalue weighted by molar-refractivity contribution is 0.0646. The smallest absolute Gasteiger partial charge is 0.119 e. The van der Waals surface area contributed by atoms with E-state index in [1.165, 1.54) is 6.42 Å². The summed E-state index contributed by atoms with van der Waals surface area (Å²) in [5, 5.41) is 13.1. The Kier molecular flexibility index (Phi) is 6.49. The number of piperazine rings is 1. The van der Waals surface area contributed by atoms with Crippen molar-refractivity contribution in [2.24, 2.45) is 5.92 Å². The van der Waals surface area contributed by atoms with Gasteiger partial charge in [-0.25, -0.2) is 0 Å². The van der Waals surface area contributed by atoms with Gasteiger partial charge >= 0.3 is 0 Å². The number of aliphatic hydroxyl groups excluding tert-OH is 1. The van der Waals surface area contributed by atoms with Gasteiger partial charge in [-0.2, -0.15) is 0 Å². The van der Waals surface area contributed by atoms with Crippen molar-refractivity contribution >= 4 is 0 Å². The van der Waals surface area contributed by atoms with E-state index in [1.807, 2.05) is 30.3 Å². The van der Waals surface area contributed by atoms with Crippen LogP contribution in [0.15, 0.2) is 30.3 Å². The zero-order chi connectivity index (χ0) is 15.1. The molecular weight excluding hydrogens is 264 g/mol. The minimum atomic E-state index is 0.201. The fourth-order valence-corrected chi connectivity index (χ4v) is 2.91. The van der Waals surface area contributed by atoms with Crippen LogP contribution < -0.4 is 10.1 Å². The van der Waals surface area contributed by atoms with Crippen LogP contribution in [0.3, 0.4) is 0 Å². The molecule has 1 aromatic carbocycles. The van der Waals surface area contributed by atoms with Crippen molar-refractivity contribution in [1.82, 2.24) is 10.2 Å². The first kappa shape index (κ1) is 16.3. The molecular formula is C17H28N2O2. The van der Waals surface area contributed by atoms with Crippen LogP contribution in [0.25, 0.3) is 0 Å². The first-order chi connectivity index (χ1) is 10.2. The molecule has 1 aliphatic heterocycles. The Morgan fingerprint density at radius 1 is 1.33 bits per heavy atom. The van der Waals surface area contributed by atoms with Crippen molar-refractivity contribution in [2.75, 3.05) is 32.8 Å². The maximum atomic E-state index is 9.52. The van der Waals surface area contributed by atoms with Crippen LogP contribution in [0.5, 0.6) is 5.75 Å². The van der Waals surface area contributed by atoms with Crippen molar-refractivity contribution < 1.29 is 9.84 Å². The Hall–Kier alpha value is -1.10. The lowest BCUT2D eigenvalue weighted by Gasteiger charge is -2.40. The van der Waals surface area contributed by atoms with Gasteiger partial charge in [0, 0.05) is 31.7 Å². The molecule has 1 saturated heterocycles. The number of aliphatic hydroxyl groups is 1. The van der Waals surface area contributed by atoms with Gasteiger partial charge in [-0.1, -0.05) is 32.0 Å². The molecule has 0 aromatic heterocycles. The van der Waals surface area contributed by atoms with Crippen molar-refractivity contribution in [3.8, 4) is 5.75 Å². The zero-order valence-electron chi connectivity index (χ0n) is 13.2. The molecule has 21 heavy (non-hydrogen) atoms. The van der Waals surface area contributed by atoms with E-state index in [-0.39, 0.29) is 12.6 Å². The summed E-state index contributed by atoms with van der Waals surface area (Å²) in [5.41, 5.74) is 0. The van der Waals surface area contributed by atoms with E-state index in [4.69, 9.17) is 4.74 Å². The molecule has 0 bridgehead atoms. The van der Waals surface area contributed by atoms with Crippen molar-refractivity contribution in [3.63, 3.8) is 0 Å². The van der Waals surface area contributed by atoms with Crippen LogP contribution in [-0.2, 0) is 0 Å². The number of benzene rings is 1. The lowest BCUT2D eigenvalue weighted by atomic mass is 10.00. The maximum absolute atomic E-state index is 9.52. The predicted molar refractivity (Wildman–Crippen MR) is 85.6 cm³/mol. The van der Waals surface area contributed by atoms with E-state index < -0.39 is 0 Å². The summed E-state index contributed by atoms with van der Waals surface area (Å²) >= 11 is 0. The van der Waals surface area contributed by atoms with Crippen molar-refractivity contribution in [1.29, 1.82) is 0 Å². The maximum Gasteiger partial charge on any atom is 0.119 e. The minimum absolute atomic E-state index is 0.201. The van der Waals surface area contributed by atoms with E-state index in [9.17, 15) is 5.11 Å². The fraction of sp³-hybridized carbons (Fsp3) is 0.647. The van der Waals surface area contributed by atoms with Gasteiger partial charge in [0.2, 0.25) is 0 Å². The molecule has 4 nitrogen and oxygen atoms in total. The van der Waals surface area contributed by atoms with E-state index in [2.05, 4.69) is 24.1 Å². The van der Waals surface area contributed by atoms with Gasteiger partial charge < -0.3 is 15.2 Å². The molecule has 2 N–H and O–H groups in total. The van der Waals surface area contributed by atoms with E-state index in [1.54, 1.807) is 0 Å². The van der Waals surface area contributed by atoms with Crippen LogP contribution >= 0.6 is 0 Å². The summed E-state index contributed by atoms with van der Waals surface area (Å²) in [6.07, 6.45) is 1.17. The highest BCUT2D eigenvalue weighted by Gasteiger charge is 2.27. The highest BCUT2D eigenvalue weighted by molar-refractivity contribution is 5.20. The van der Waals surface area contributed by atoms with Crippen LogP contribution in [0.1, 0.15) is 20.3 Å². The van der Waals surface area contributed by atoms with Gasteiger partial charge in [-0.3, -0.25) is 4.90 Å². The van der Waals surface area contributed by atoms with E-state index in [0.29, 0.717) is 18.6 Å². The predicted octanol–water partition coefficient (Wildman–Crippen LogP) is 1.75. The summed E-state index contributed by atoms with van der Waals surface area (Å²) < 4.78 is 5.77. The molecule has 1 aliphatic rings. The van der Waals surface area contributed by atoms with E-state index in [0.717, 1.165) is 25.4 Å². The fourth-order valence-electron chi connectivity index (χ4n) is 2.91. The topological polar surface area (TPSA) is 44.7 Å². The standard InChI is InChI=1S/C17H28N2O2/c1-14(2)10-15-12-19(16(13-20)11-18-15)8-9-21-17-6-4-3-5-7-17/h3-7,14-16,18,20H,8-13H2,1-2H3. The molecule has 0 radical (unpaired) electrons. The third kappa shape index (κ3) is 5.30. The summed E-state index contributed by atoms with van der Waals surface area (Å²) in [5.74, 6) is 1.60. The summed E-state index contributed by atoms with van der Waals surface area (Å²) in [7, 11) is 0. The highest BCUT2D eigenvalue weighted by Crippen LogP contribution is 2.14. The molecule has 0 spiro atoms. The molecule has 118 valence electrons. The molecule has 2 unspecified atom stereocenters. The molecule has 1 aromatic rings. The number of hydrogen-bond donors (Lipinski definition) is 2. The molecule has 1 fully saturated rings. The van der Waals surface area contributed by atoms with Gasteiger partial charge in [-0.05, 0) is 24.5 Å². The molecule has 4 heteroatoms. The Balaban J connectivity index is 1.80. The number of para-hydroxylation sites is 1. The molecule has 2 atom stereocenters. The van der Waals surface area contributed by atoms with Crippen LogP contribution in [0.2, 0.25) is 0 Å². The normalized spacial score (nSPS) is 23.4. The summed E-state index contributed by atoms with van der Waals surface area (Å²) in [6, 6.07) is 10.6. The third-order valence-corrected chi connectivity index (χ3v) is 3.97. The monoisotopic (exact) mass is 292 g/mol. The number of rotatable bonds is 7. The number of nitrogens with one attached hydrogen (secondary N) is 1. The van der Waals surface area contributed by atoms with Crippen molar-refractivity contribution in [3.05, 3.63) is 30.3 Å². The van der Waals surface area contributed by atoms with Gasteiger partial charge in [0.25, 0.3) is 0 Å². The molecule has 2 rings (SSSR count). The summed E-state index contributed by atoms with van der Waals surface area (Å²) in [4.78, 5) is 2.35. The van der Waals surface area contributed by atoms with Crippen LogP contribution in [0.4, 0.5) is 0 Å². The highest BCUT2D eigenvalue weighted by atomic mass is 16.5. The molecule has 0 saturated carbocycles. The van der Waals surface area contributed by atoms with Gasteiger partial charge in [0.05, 0.1) is 6.61 Å². The van der Waals surface area contributed by atoms with Gasteiger partial charge in [-0.15, -0.1) is 0 Å². The quantitative estimate of drug-likeness (QED) is 0.803. The number of nitrogens with zero attached hydrogens (tertiary/aromatic N) is 1. The Morgan fingerprint density at radius 3 is 2.76 bits per heavy atom. The molecule has 0 aliphatic carbocycles. The molecule has 0 amide bonds. The first-order valence-electron chi connectivity index (χ1n) is 7.95. The average molecular weight is 292 g/mol. The second kappa shape index (κ2) is 8.37. The average Bonchev–Trinajstić information content (AvgIpc) is 2.48. The number of hydrogen-bond acceptors (Lipinski definition) is 4. The Labute approximate surface area is 128 Å². The number of ether oxygens (including phenoxy) is 1.